The van der Waals surface area contributed by atoms with Crippen molar-refractivity contribution < 1.29 is 27.1 Å². The van der Waals surface area contributed by atoms with Gasteiger partial charge < -0.3 is 19.6 Å². The van der Waals surface area contributed by atoms with E-state index in [-0.39, 0.29) is 17.4 Å². The number of alkyl halides is 3. The number of ether oxygens (including phenoxy) is 1. The van der Waals surface area contributed by atoms with Crippen molar-refractivity contribution in [1.29, 1.82) is 0 Å². The van der Waals surface area contributed by atoms with Gasteiger partial charge in [-0.25, -0.2) is 14.4 Å². The van der Waals surface area contributed by atoms with Gasteiger partial charge in [-0.2, -0.15) is 8.78 Å². The zero-order valence-corrected chi connectivity index (χ0v) is 21.0. The minimum Gasteiger partial charge on any atom is -0.434 e. The Balaban J connectivity index is 1.48. The molecule has 1 aromatic carbocycles. The van der Waals surface area contributed by atoms with Crippen molar-refractivity contribution in [1.82, 2.24) is 24.8 Å². The maximum Gasteiger partial charge on any atom is 0.387 e. The summed E-state index contributed by atoms with van der Waals surface area (Å²) in [6.45, 7) is -1.35. The number of nitrogens with one attached hydrogen (secondary N) is 2. The van der Waals surface area contributed by atoms with E-state index in [0.717, 1.165) is 30.8 Å². The third-order valence-corrected chi connectivity index (χ3v) is 7.37. The fourth-order valence-corrected chi connectivity index (χ4v) is 5.29. The fourth-order valence-electron chi connectivity index (χ4n) is 5.01. The first-order valence-electron chi connectivity index (χ1n) is 12.0. The second kappa shape index (κ2) is 10.6. The minimum atomic E-state index is -3.20. The van der Waals surface area contributed by atoms with E-state index in [1.54, 1.807) is 25.4 Å². The highest BCUT2D eigenvalue weighted by atomic mass is 35.5. The first kappa shape index (κ1) is 26.0. The zero-order chi connectivity index (χ0) is 27.0. The molecule has 38 heavy (non-hydrogen) atoms. The van der Waals surface area contributed by atoms with Crippen LogP contribution < -0.4 is 4.74 Å². The van der Waals surface area contributed by atoms with Gasteiger partial charge in [-0.3, -0.25) is 9.18 Å². The maximum absolute atomic E-state index is 14.5. The van der Waals surface area contributed by atoms with E-state index in [1.807, 2.05) is 4.90 Å². The molecule has 1 saturated heterocycles. The lowest BCUT2D eigenvalue weighted by Crippen LogP contribution is -2.36. The lowest BCUT2D eigenvalue weighted by atomic mass is 9.91. The van der Waals surface area contributed by atoms with Crippen LogP contribution in [0.25, 0.3) is 22.3 Å². The van der Waals surface area contributed by atoms with E-state index in [9.17, 15) is 22.4 Å². The van der Waals surface area contributed by atoms with Crippen LogP contribution in [0.3, 0.4) is 0 Å². The van der Waals surface area contributed by atoms with Crippen LogP contribution in [0.5, 0.6) is 5.75 Å². The molecule has 0 bridgehead atoms. The number of piperidine rings is 1. The summed E-state index contributed by atoms with van der Waals surface area (Å²) in [5, 5.41) is 0.0256. The molecular formula is C26H24ClF4N5O2. The molecule has 3 aromatic heterocycles. The SMILES string of the molecule is CC(=O)N1CCC(c2ncc(-c3cnc4[nH]cc([C@@H](CF)c5c(OC(F)F)ccc(F)c5Cl)c4c3)[nH]2)CC1. The Morgan fingerprint density at radius 2 is 2.00 bits per heavy atom. The summed E-state index contributed by atoms with van der Waals surface area (Å²) in [6, 6.07) is 3.68. The van der Waals surface area contributed by atoms with E-state index in [1.165, 1.54) is 6.20 Å². The Morgan fingerprint density at radius 1 is 1.24 bits per heavy atom. The summed E-state index contributed by atoms with van der Waals surface area (Å²) >= 11 is 6.13. The van der Waals surface area contributed by atoms with E-state index < -0.39 is 35.8 Å². The second-order valence-corrected chi connectivity index (χ2v) is 9.56. The van der Waals surface area contributed by atoms with Crippen LogP contribution in [0.2, 0.25) is 5.02 Å². The molecule has 1 amide bonds. The number of hydrogen-bond acceptors (Lipinski definition) is 4. The highest BCUT2D eigenvalue weighted by molar-refractivity contribution is 6.31. The number of amides is 1. The van der Waals surface area contributed by atoms with Gasteiger partial charge in [-0.05, 0) is 36.6 Å². The molecule has 0 saturated carbocycles. The molecule has 1 fully saturated rings. The lowest BCUT2D eigenvalue weighted by Gasteiger charge is -2.30. The Kier molecular flexibility index (Phi) is 7.29. The van der Waals surface area contributed by atoms with Gasteiger partial charge in [0.2, 0.25) is 5.91 Å². The Labute approximate surface area is 220 Å². The molecule has 5 rings (SSSR count). The van der Waals surface area contributed by atoms with Gasteiger partial charge in [0.05, 0.1) is 16.9 Å². The third-order valence-electron chi connectivity index (χ3n) is 6.98. The number of rotatable bonds is 7. The van der Waals surface area contributed by atoms with Crippen molar-refractivity contribution in [3.63, 3.8) is 0 Å². The zero-order valence-electron chi connectivity index (χ0n) is 20.3. The topological polar surface area (TPSA) is 86.9 Å². The van der Waals surface area contributed by atoms with Crippen molar-refractivity contribution >= 4 is 28.5 Å². The standard InChI is InChI=1S/C26H24ClF4N5O2/c1-13(37)36-6-4-14(5-7-36)24-34-12-20(35-24)15-8-16-18(11-33-25(16)32-10-15)17(9-28)22-21(38-26(30)31)3-2-19(29)23(22)27/h2-3,8,10-12,14,17,26H,4-7,9H2,1H3,(H,32,33)(H,34,35)/t17-/m1/s1. The summed E-state index contributed by atoms with van der Waals surface area (Å²) < 4.78 is 59.4. The molecule has 1 aliphatic rings. The molecule has 0 radical (unpaired) electrons. The number of hydrogen-bond donors (Lipinski definition) is 2. The number of benzene rings is 1. The lowest BCUT2D eigenvalue weighted by molar-refractivity contribution is -0.129. The van der Waals surface area contributed by atoms with Crippen LogP contribution in [0.4, 0.5) is 17.6 Å². The quantitative estimate of drug-likeness (QED) is 0.270. The van der Waals surface area contributed by atoms with Crippen molar-refractivity contribution in [2.45, 2.75) is 38.2 Å². The number of halogens is 5. The molecule has 1 atom stereocenters. The molecule has 12 heteroatoms. The van der Waals surface area contributed by atoms with Crippen molar-refractivity contribution in [3.8, 4) is 17.0 Å². The number of fused-ring (bicyclic) bond motifs is 1. The highest BCUT2D eigenvalue weighted by Crippen LogP contribution is 2.42. The van der Waals surface area contributed by atoms with Crippen molar-refractivity contribution in [3.05, 3.63) is 64.6 Å². The average Bonchev–Trinajstić information content (AvgIpc) is 3.56. The first-order chi connectivity index (χ1) is 18.3. The van der Waals surface area contributed by atoms with Crippen molar-refractivity contribution in [2.75, 3.05) is 19.8 Å². The summed E-state index contributed by atoms with van der Waals surface area (Å²) in [5.74, 6) is -1.43. The Hall–Kier alpha value is -3.60. The van der Waals surface area contributed by atoms with E-state index in [0.29, 0.717) is 40.9 Å². The molecular weight excluding hydrogens is 526 g/mol. The average molecular weight is 550 g/mol. The molecule has 4 heterocycles. The molecule has 0 unspecified atom stereocenters. The Morgan fingerprint density at radius 3 is 2.68 bits per heavy atom. The van der Waals surface area contributed by atoms with Crippen LogP contribution in [-0.4, -0.2) is 57.1 Å². The van der Waals surface area contributed by atoms with Gasteiger partial charge in [0.25, 0.3) is 0 Å². The summed E-state index contributed by atoms with van der Waals surface area (Å²) in [5.41, 5.74) is 1.95. The van der Waals surface area contributed by atoms with Crippen LogP contribution in [-0.2, 0) is 4.79 Å². The molecule has 200 valence electrons. The molecule has 0 spiro atoms. The predicted molar refractivity (Wildman–Crippen MR) is 134 cm³/mol. The predicted octanol–water partition coefficient (Wildman–Crippen LogP) is 6.17. The number of likely N-dealkylation sites (tertiary alicyclic amines) is 1. The normalized spacial score (nSPS) is 15.4. The first-order valence-corrected chi connectivity index (χ1v) is 12.4. The van der Waals surface area contributed by atoms with Crippen LogP contribution in [0, 0.1) is 5.82 Å². The van der Waals surface area contributed by atoms with Gasteiger partial charge in [0, 0.05) is 60.8 Å². The summed E-state index contributed by atoms with van der Waals surface area (Å²) in [4.78, 5) is 28.7. The number of pyridine rings is 1. The van der Waals surface area contributed by atoms with Crippen LogP contribution >= 0.6 is 11.6 Å². The molecule has 0 aliphatic carbocycles. The smallest absolute Gasteiger partial charge is 0.387 e. The van der Waals surface area contributed by atoms with E-state index in [4.69, 9.17) is 11.6 Å². The van der Waals surface area contributed by atoms with Crippen molar-refractivity contribution in [2.24, 2.45) is 0 Å². The summed E-state index contributed by atoms with van der Waals surface area (Å²) in [7, 11) is 0. The second-order valence-electron chi connectivity index (χ2n) is 9.19. The molecule has 4 aromatic rings. The third kappa shape index (κ3) is 4.94. The summed E-state index contributed by atoms with van der Waals surface area (Å²) in [6.07, 6.45) is 6.40. The van der Waals surface area contributed by atoms with Crippen LogP contribution in [0.15, 0.2) is 36.8 Å². The van der Waals surface area contributed by atoms with Gasteiger partial charge in [-0.15, -0.1) is 0 Å². The van der Waals surface area contributed by atoms with Gasteiger partial charge in [-0.1, -0.05) is 11.6 Å². The number of H-pyrrole nitrogens is 2. The highest BCUT2D eigenvalue weighted by Gasteiger charge is 2.28. The van der Waals surface area contributed by atoms with E-state index in [2.05, 4.69) is 24.7 Å². The number of nitrogens with zero attached hydrogens (tertiary/aromatic N) is 3. The van der Waals surface area contributed by atoms with Gasteiger partial charge >= 0.3 is 6.61 Å². The fraction of sp³-hybridized carbons (Fsp3) is 0.346. The number of aromatic amines is 2. The molecule has 1 aliphatic heterocycles. The van der Waals surface area contributed by atoms with Gasteiger partial charge in [0.1, 0.15) is 29.7 Å². The van der Waals surface area contributed by atoms with Gasteiger partial charge in [0.15, 0.2) is 0 Å². The maximum atomic E-state index is 14.5. The minimum absolute atomic E-state index is 0.0595. The van der Waals surface area contributed by atoms with E-state index >= 15 is 0 Å². The number of aromatic nitrogens is 4. The Bertz CT molecular complexity index is 1470. The monoisotopic (exact) mass is 549 g/mol. The number of imidazole rings is 1. The number of carbonyl (C=O) groups is 1. The molecule has 7 nitrogen and oxygen atoms in total. The molecule has 2 N–H and O–H groups in total. The van der Waals surface area contributed by atoms with Crippen LogP contribution in [0.1, 0.15) is 48.6 Å². The number of carbonyl (C=O) groups excluding carboxylic acids is 1. The largest absolute Gasteiger partial charge is 0.434 e.